The van der Waals surface area contributed by atoms with Gasteiger partial charge in [0.1, 0.15) is 0 Å². The molecule has 1 aromatic carbocycles. The first-order chi connectivity index (χ1) is 9.77. The summed E-state index contributed by atoms with van der Waals surface area (Å²) in [6.45, 7) is 2.88. The second-order valence-electron chi connectivity index (χ2n) is 5.33. The molecule has 122 valence electrons. The van der Waals surface area contributed by atoms with E-state index < -0.39 is 5.60 Å². The second-order valence-corrected chi connectivity index (χ2v) is 5.33. The van der Waals surface area contributed by atoms with Gasteiger partial charge in [0.2, 0.25) is 0 Å². The third-order valence-electron chi connectivity index (χ3n) is 3.73. The lowest BCUT2D eigenvalue weighted by Gasteiger charge is -2.22. The van der Waals surface area contributed by atoms with Gasteiger partial charge in [-0.05, 0) is 30.7 Å². The largest absolute Gasteiger partial charge is 0.387 e. The molecule has 1 unspecified atom stereocenters. The number of nitrogens with one attached hydrogen (secondary N) is 2. The van der Waals surface area contributed by atoms with Gasteiger partial charge in [-0.25, -0.2) is 4.68 Å². The Hall–Kier alpha value is -1.11. The summed E-state index contributed by atoms with van der Waals surface area (Å²) in [5.74, 6) is 0. The molecular formula is C15H22Cl2N4O. The third kappa shape index (κ3) is 4.44. The van der Waals surface area contributed by atoms with Crippen LogP contribution in [0.5, 0.6) is 0 Å². The van der Waals surface area contributed by atoms with Crippen molar-refractivity contribution in [1.29, 1.82) is 0 Å². The van der Waals surface area contributed by atoms with Crippen molar-refractivity contribution < 1.29 is 5.11 Å². The Morgan fingerprint density at radius 3 is 2.77 bits per heavy atom. The van der Waals surface area contributed by atoms with Gasteiger partial charge in [-0.2, -0.15) is 5.10 Å². The molecule has 2 heterocycles. The van der Waals surface area contributed by atoms with Gasteiger partial charge in [0.25, 0.3) is 0 Å². The van der Waals surface area contributed by atoms with Gasteiger partial charge >= 0.3 is 0 Å². The Bertz CT molecular complexity index is 556. The third-order valence-corrected chi connectivity index (χ3v) is 3.73. The van der Waals surface area contributed by atoms with Crippen LogP contribution >= 0.6 is 24.8 Å². The molecular weight excluding hydrogens is 323 g/mol. The van der Waals surface area contributed by atoms with Gasteiger partial charge in [-0.15, -0.1) is 24.8 Å². The van der Waals surface area contributed by atoms with E-state index in [1.54, 1.807) is 6.20 Å². The predicted molar refractivity (Wildman–Crippen MR) is 92.2 cm³/mol. The van der Waals surface area contributed by atoms with Crippen LogP contribution < -0.4 is 10.6 Å². The van der Waals surface area contributed by atoms with E-state index in [0.29, 0.717) is 13.1 Å². The minimum atomic E-state index is -0.610. The number of nitrogens with zero attached hydrogens (tertiary/aromatic N) is 2. The fourth-order valence-corrected chi connectivity index (χ4v) is 2.61. The first-order valence-electron chi connectivity index (χ1n) is 6.99. The molecule has 22 heavy (non-hydrogen) atoms. The molecule has 5 nitrogen and oxygen atoms in total. The van der Waals surface area contributed by atoms with E-state index in [1.165, 1.54) is 5.56 Å². The highest BCUT2D eigenvalue weighted by molar-refractivity contribution is 5.85. The van der Waals surface area contributed by atoms with Crippen LogP contribution in [0.2, 0.25) is 0 Å². The van der Waals surface area contributed by atoms with Crippen LogP contribution in [0.3, 0.4) is 0 Å². The molecule has 0 aliphatic carbocycles. The molecule has 1 aromatic heterocycles. The van der Waals surface area contributed by atoms with E-state index >= 15 is 0 Å². The molecule has 0 bridgehead atoms. The highest BCUT2D eigenvalue weighted by Crippen LogP contribution is 2.15. The van der Waals surface area contributed by atoms with Crippen LogP contribution in [0, 0.1) is 0 Å². The first kappa shape index (κ1) is 18.9. The smallest absolute Gasteiger partial charge is 0.0907 e. The van der Waals surface area contributed by atoms with Crippen molar-refractivity contribution in [2.45, 2.75) is 18.6 Å². The zero-order chi connectivity index (χ0) is 13.8. The molecule has 3 rings (SSSR count). The lowest BCUT2D eigenvalue weighted by Crippen LogP contribution is -2.42. The molecule has 3 N–H and O–H groups in total. The summed E-state index contributed by atoms with van der Waals surface area (Å²) in [6, 6.07) is 10.1. The van der Waals surface area contributed by atoms with E-state index in [1.807, 2.05) is 29.1 Å². The van der Waals surface area contributed by atoms with Crippen LogP contribution in [-0.2, 0) is 6.54 Å². The van der Waals surface area contributed by atoms with E-state index in [4.69, 9.17) is 0 Å². The number of halogens is 2. The van der Waals surface area contributed by atoms with Crippen molar-refractivity contribution in [2.75, 3.05) is 19.6 Å². The molecule has 1 saturated heterocycles. The van der Waals surface area contributed by atoms with Gasteiger partial charge < -0.3 is 15.7 Å². The quantitative estimate of drug-likeness (QED) is 0.769. The summed E-state index contributed by atoms with van der Waals surface area (Å²) >= 11 is 0. The van der Waals surface area contributed by atoms with Crippen LogP contribution in [0.4, 0.5) is 0 Å². The van der Waals surface area contributed by atoms with E-state index in [9.17, 15) is 5.11 Å². The molecule has 0 saturated carbocycles. The van der Waals surface area contributed by atoms with Gasteiger partial charge in [-0.3, -0.25) is 0 Å². The lowest BCUT2D eigenvalue weighted by atomic mass is 10.0. The zero-order valence-electron chi connectivity index (χ0n) is 12.2. The normalized spacial score (nSPS) is 20.2. The summed E-state index contributed by atoms with van der Waals surface area (Å²) < 4.78 is 1.86. The standard InChI is InChI=1S/C15H20N4O.2ClH/c20-15(6-8-16-11-15)12-17-10-13-4-1-2-5-14(13)19-9-3-7-18-19;;/h1-5,7,9,16-17,20H,6,8,10-12H2;2*1H. The van der Waals surface area contributed by atoms with Crippen LogP contribution in [-0.4, -0.2) is 40.1 Å². The number of rotatable bonds is 5. The summed E-state index contributed by atoms with van der Waals surface area (Å²) in [7, 11) is 0. The number of aromatic nitrogens is 2. The van der Waals surface area contributed by atoms with Crippen molar-refractivity contribution in [3.63, 3.8) is 0 Å². The molecule has 2 aromatic rings. The average Bonchev–Trinajstić information content (AvgIpc) is 3.11. The number of aliphatic hydroxyl groups is 1. The maximum absolute atomic E-state index is 10.3. The molecule has 1 atom stereocenters. The Labute approximate surface area is 142 Å². The maximum Gasteiger partial charge on any atom is 0.0907 e. The Balaban J connectivity index is 0.00000121. The van der Waals surface area contributed by atoms with Gasteiger partial charge in [-0.1, -0.05) is 18.2 Å². The number of para-hydroxylation sites is 1. The zero-order valence-corrected chi connectivity index (χ0v) is 13.9. The number of β-amino-alcohol motifs (C(OH)–C–C–N with tert-alkyl or cyclic N) is 1. The van der Waals surface area contributed by atoms with Crippen LogP contribution in [0.15, 0.2) is 42.7 Å². The summed E-state index contributed by atoms with van der Waals surface area (Å²) in [6.07, 6.45) is 4.52. The van der Waals surface area contributed by atoms with Crippen LogP contribution in [0.1, 0.15) is 12.0 Å². The van der Waals surface area contributed by atoms with E-state index in [0.717, 1.165) is 25.2 Å². The Morgan fingerprint density at radius 2 is 2.09 bits per heavy atom. The van der Waals surface area contributed by atoms with E-state index in [-0.39, 0.29) is 24.8 Å². The number of hydrogen-bond donors (Lipinski definition) is 3. The second kappa shape index (κ2) is 8.50. The minimum Gasteiger partial charge on any atom is -0.387 e. The van der Waals surface area contributed by atoms with Gasteiger partial charge in [0.05, 0.1) is 11.3 Å². The molecule has 0 spiro atoms. The van der Waals surface area contributed by atoms with Crippen molar-refractivity contribution in [3.8, 4) is 5.69 Å². The molecule has 0 amide bonds. The monoisotopic (exact) mass is 344 g/mol. The Kier molecular flexibility index (Phi) is 7.32. The molecule has 1 aliphatic heterocycles. The maximum atomic E-state index is 10.3. The fraction of sp³-hybridized carbons (Fsp3) is 0.400. The molecule has 1 fully saturated rings. The molecule has 0 radical (unpaired) electrons. The summed E-state index contributed by atoms with van der Waals surface area (Å²) in [4.78, 5) is 0. The predicted octanol–water partition coefficient (Wildman–Crippen LogP) is 1.53. The molecule has 7 heteroatoms. The van der Waals surface area contributed by atoms with Crippen molar-refractivity contribution in [2.24, 2.45) is 0 Å². The lowest BCUT2D eigenvalue weighted by molar-refractivity contribution is 0.0609. The Morgan fingerprint density at radius 1 is 1.27 bits per heavy atom. The average molecular weight is 345 g/mol. The SMILES string of the molecule is Cl.Cl.OC1(CNCc2ccccc2-n2cccn2)CCNC1. The first-order valence-corrected chi connectivity index (χ1v) is 6.99. The molecule has 1 aliphatic rings. The number of hydrogen-bond acceptors (Lipinski definition) is 4. The fourth-order valence-electron chi connectivity index (χ4n) is 2.61. The highest BCUT2D eigenvalue weighted by atomic mass is 35.5. The topological polar surface area (TPSA) is 62.1 Å². The van der Waals surface area contributed by atoms with Crippen LogP contribution in [0.25, 0.3) is 5.69 Å². The van der Waals surface area contributed by atoms with Crippen molar-refractivity contribution in [3.05, 3.63) is 48.3 Å². The summed E-state index contributed by atoms with van der Waals surface area (Å²) in [5.41, 5.74) is 1.63. The van der Waals surface area contributed by atoms with Gasteiger partial charge in [0.15, 0.2) is 0 Å². The number of benzene rings is 1. The van der Waals surface area contributed by atoms with E-state index in [2.05, 4.69) is 27.9 Å². The van der Waals surface area contributed by atoms with Gasteiger partial charge in [0, 0.05) is 32.0 Å². The van der Waals surface area contributed by atoms with Crippen molar-refractivity contribution >= 4 is 24.8 Å². The van der Waals surface area contributed by atoms with Crippen molar-refractivity contribution in [1.82, 2.24) is 20.4 Å². The summed E-state index contributed by atoms with van der Waals surface area (Å²) in [5, 5.41) is 21.1. The highest BCUT2D eigenvalue weighted by Gasteiger charge is 2.30. The minimum absolute atomic E-state index is 0.